The van der Waals surface area contributed by atoms with Gasteiger partial charge in [0.25, 0.3) is 0 Å². The van der Waals surface area contributed by atoms with Crippen molar-refractivity contribution in [3.8, 4) is 0 Å². The summed E-state index contributed by atoms with van der Waals surface area (Å²) < 4.78 is 5.59. The first-order valence-electron chi connectivity index (χ1n) is 9.73. The van der Waals surface area contributed by atoms with Crippen LogP contribution in [0.25, 0.3) is 0 Å². The molecule has 8 heteroatoms. The van der Waals surface area contributed by atoms with E-state index in [0.717, 1.165) is 34.2 Å². The number of nitrogens with zero attached hydrogens (tertiary/aromatic N) is 3. The highest BCUT2D eigenvalue weighted by molar-refractivity contribution is 7.98. The minimum absolute atomic E-state index is 0.134. The number of ether oxygens (including phenoxy) is 1. The van der Waals surface area contributed by atoms with Gasteiger partial charge in [0.15, 0.2) is 5.16 Å². The Morgan fingerprint density at radius 2 is 2.10 bits per heavy atom. The summed E-state index contributed by atoms with van der Waals surface area (Å²) in [5.74, 6) is 0.830. The Morgan fingerprint density at radius 1 is 1.34 bits per heavy atom. The number of aromatic nitrogens is 2. The molecule has 0 spiro atoms. The van der Waals surface area contributed by atoms with Crippen LogP contribution in [0.3, 0.4) is 0 Å². The van der Waals surface area contributed by atoms with Crippen molar-refractivity contribution in [3.05, 3.63) is 41.6 Å². The molecule has 1 aromatic carbocycles. The van der Waals surface area contributed by atoms with Crippen molar-refractivity contribution in [1.29, 1.82) is 0 Å². The van der Waals surface area contributed by atoms with Gasteiger partial charge in [0.2, 0.25) is 0 Å². The van der Waals surface area contributed by atoms with Crippen molar-refractivity contribution >= 4 is 29.4 Å². The van der Waals surface area contributed by atoms with Crippen molar-refractivity contribution in [2.45, 2.75) is 50.5 Å². The van der Waals surface area contributed by atoms with Gasteiger partial charge in [-0.15, -0.1) is 0 Å². The highest BCUT2D eigenvalue weighted by atomic mass is 32.2. The van der Waals surface area contributed by atoms with Crippen LogP contribution in [0.15, 0.2) is 35.6 Å². The van der Waals surface area contributed by atoms with E-state index in [-0.39, 0.29) is 12.1 Å². The number of benzene rings is 1. The number of carbonyl (C=O) groups is 1. The number of rotatable bonds is 5. The monoisotopic (exact) mass is 415 g/mol. The fourth-order valence-corrected chi connectivity index (χ4v) is 3.69. The summed E-state index contributed by atoms with van der Waals surface area (Å²) in [6, 6.07) is 8.13. The van der Waals surface area contributed by atoms with Crippen LogP contribution in [-0.2, 0) is 11.3 Å². The van der Waals surface area contributed by atoms with Gasteiger partial charge in [-0.05, 0) is 45.1 Å². The predicted molar refractivity (Wildman–Crippen MR) is 118 cm³/mol. The van der Waals surface area contributed by atoms with Crippen LogP contribution < -0.4 is 15.5 Å². The van der Waals surface area contributed by atoms with E-state index in [1.807, 2.05) is 58.5 Å². The number of amides is 1. The normalized spacial score (nSPS) is 16.3. The van der Waals surface area contributed by atoms with E-state index >= 15 is 0 Å². The first-order valence-corrected chi connectivity index (χ1v) is 11.0. The fraction of sp³-hybridized carbons (Fsp3) is 0.476. The van der Waals surface area contributed by atoms with E-state index in [9.17, 15) is 4.79 Å². The molecular formula is C21H29N5O2S. The molecule has 0 radical (unpaired) electrons. The maximum absolute atomic E-state index is 12.7. The maximum atomic E-state index is 12.7. The van der Waals surface area contributed by atoms with E-state index in [2.05, 4.69) is 26.7 Å². The van der Waals surface area contributed by atoms with Crippen molar-refractivity contribution in [2.75, 3.05) is 30.1 Å². The van der Waals surface area contributed by atoms with E-state index in [0.29, 0.717) is 13.1 Å². The molecule has 1 aromatic heterocycles. The first kappa shape index (κ1) is 21.4. The van der Waals surface area contributed by atoms with Crippen molar-refractivity contribution in [3.63, 3.8) is 0 Å². The van der Waals surface area contributed by atoms with Crippen LogP contribution in [0, 0.1) is 0 Å². The van der Waals surface area contributed by atoms with Crippen LogP contribution in [0.4, 0.5) is 16.3 Å². The van der Waals surface area contributed by atoms with Crippen LogP contribution in [-0.4, -0.2) is 41.5 Å². The maximum Gasteiger partial charge on any atom is 0.414 e. The lowest BCUT2D eigenvalue weighted by Crippen LogP contribution is -2.42. The summed E-state index contributed by atoms with van der Waals surface area (Å²) in [5.41, 5.74) is 2.48. The molecule has 29 heavy (non-hydrogen) atoms. The molecule has 2 N–H and O–H groups in total. The zero-order valence-corrected chi connectivity index (χ0v) is 18.5. The van der Waals surface area contributed by atoms with Gasteiger partial charge in [-0.3, -0.25) is 4.90 Å². The molecule has 0 fully saturated rings. The third-order valence-electron chi connectivity index (χ3n) is 4.66. The Labute approximate surface area is 176 Å². The summed E-state index contributed by atoms with van der Waals surface area (Å²) in [5, 5.41) is 7.50. The molecule has 2 heterocycles. The third kappa shape index (κ3) is 5.19. The van der Waals surface area contributed by atoms with E-state index < -0.39 is 5.60 Å². The molecule has 0 bridgehead atoms. The van der Waals surface area contributed by atoms with Gasteiger partial charge in [0.1, 0.15) is 11.4 Å². The summed E-state index contributed by atoms with van der Waals surface area (Å²) >= 11 is 1.52. The fourth-order valence-electron chi connectivity index (χ4n) is 3.35. The summed E-state index contributed by atoms with van der Waals surface area (Å²) in [4.78, 5) is 23.3. The van der Waals surface area contributed by atoms with Gasteiger partial charge in [-0.25, -0.2) is 14.8 Å². The Kier molecular flexibility index (Phi) is 6.64. The van der Waals surface area contributed by atoms with Gasteiger partial charge in [-0.1, -0.05) is 30.0 Å². The highest BCUT2D eigenvalue weighted by Crippen LogP contribution is 2.35. The molecule has 1 amide bonds. The quantitative estimate of drug-likeness (QED) is 0.559. The number of hydrogen-bond donors (Lipinski definition) is 2. The number of hydrogen-bond acceptors (Lipinski definition) is 7. The molecule has 0 saturated carbocycles. The summed E-state index contributed by atoms with van der Waals surface area (Å²) in [6.45, 7) is 6.89. The second kappa shape index (κ2) is 9.00. The first-order chi connectivity index (χ1) is 13.8. The second-order valence-corrected chi connectivity index (χ2v) is 8.67. The van der Waals surface area contributed by atoms with Gasteiger partial charge in [0.05, 0.1) is 5.69 Å². The number of carbonyl (C=O) groups excluding carboxylic acids is 1. The molecule has 0 aliphatic carbocycles. The average molecular weight is 416 g/mol. The van der Waals surface area contributed by atoms with Crippen molar-refractivity contribution < 1.29 is 9.53 Å². The Morgan fingerprint density at radius 3 is 2.79 bits per heavy atom. The highest BCUT2D eigenvalue weighted by Gasteiger charge is 2.31. The third-order valence-corrected chi connectivity index (χ3v) is 5.22. The number of nitrogens with one attached hydrogen (secondary N) is 2. The molecule has 3 rings (SSSR count). The standard InChI is InChI=1S/C21H29N5O2S/c1-21(2,3)28-20(27)26-11-10-16(15-8-6-7-9-17(15)26)23-12-14-13-24-19(29-5)25-18(14)22-4/h6-9,13,16,23H,10-12H2,1-5H3,(H,22,24,25). The molecule has 1 unspecified atom stereocenters. The number of thioether (sulfide) groups is 1. The van der Waals surface area contributed by atoms with E-state index in [1.165, 1.54) is 11.8 Å². The van der Waals surface area contributed by atoms with Gasteiger partial charge in [0, 0.05) is 37.9 Å². The van der Waals surface area contributed by atoms with Crippen LogP contribution >= 0.6 is 11.8 Å². The van der Waals surface area contributed by atoms with Crippen LogP contribution in [0.5, 0.6) is 0 Å². The molecule has 156 valence electrons. The summed E-state index contributed by atoms with van der Waals surface area (Å²) in [6.07, 6.45) is 4.32. The molecular weight excluding hydrogens is 386 g/mol. The predicted octanol–water partition coefficient (Wildman–Crippen LogP) is 4.22. The number of para-hydroxylation sites is 1. The topological polar surface area (TPSA) is 79.4 Å². The van der Waals surface area contributed by atoms with Crippen molar-refractivity contribution in [2.24, 2.45) is 0 Å². The Bertz CT molecular complexity index is 868. The molecule has 1 aliphatic rings. The molecule has 1 aliphatic heterocycles. The lowest BCUT2D eigenvalue weighted by Gasteiger charge is -2.35. The van der Waals surface area contributed by atoms with Crippen LogP contribution in [0.2, 0.25) is 0 Å². The lowest BCUT2D eigenvalue weighted by atomic mass is 9.96. The SMILES string of the molecule is CNc1nc(SC)ncc1CNC1CCN(C(=O)OC(C)(C)C)c2ccccc21. The molecule has 0 saturated heterocycles. The number of anilines is 2. The van der Waals surface area contributed by atoms with Crippen LogP contribution in [0.1, 0.15) is 44.4 Å². The number of fused-ring (bicyclic) bond motifs is 1. The average Bonchev–Trinajstić information content (AvgIpc) is 2.70. The molecule has 7 nitrogen and oxygen atoms in total. The lowest BCUT2D eigenvalue weighted by molar-refractivity contribution is 0.0576. The zero-order chi connectivity index (χ0) is 21.0. The minimum atomic E-state index is -0.520. The Hall–Kier alpha value is -2.32. The van der Waals surface area contributed by atoms with Gasteiger partial charge >= 0.3 is 6.09 Å². The van der Waals surface area contributed by atoms with Gasteiger partial charge in [-0.2, -0.15) is 0 Å². The molecule has 1 atom stereocenters. The van der Waals surface area contributed by atoms with Crippen molar-refractivity contribution in [1.82, 2.24) is 15.3 Å². The second-order valence-electron chi connectivity index (χ2n) is 7.89. The molecule has 2 aromatic rings. The largest absolute Gasteiger partial charge is 0.443 e. The Balaban J connectivity index is 1.76. The van der Waals surface area contributed by atoms with Gasteiger partial charge < -0.3 is 15.4 Å². The summed E-state index contributed by atoms with van der Waals surface area (Å²) in [7, 11) is 1.87. The minimum Gasteiger partial charge on any atom is -0.443 e. The zero-order valence-electron chi connectivity index (χ0n) is 17.7. The van der Waals surface area contributed by atoms with E-state index in [1.54, 1.807) is 4.90 Å². The van der Waals surface area contributed by atoms with E-state index in [4.69, 9.17) is 4.74 Å². The smallest absolute Gasteiger partial charge is 0.414 e.